The number of hydrogen-bond acceptors (Lipinski definition) is 3. The van der Waals surface area contributed by atoms with Gasteiger partial charge in [-0.05, 0) is 34.1 Å². The Morgan fingerprint density at radius 1 is 1.36 bits per heavy atom. The van der Waals surface area contributed by atoms with Crippen LogP contribution in [0.3, 0.4) is 0 Å². The number of rotatable bonds is 3. The van der Waals surface area contributed by atoms with Gasteiger partial charge in [0, 0.05) is 12.5 Å². The highest BCUT2D eigenvalue weighted by molar-refractivity contribution is 9.10. The van der Waals surface area contributed by atoms with Crippen molar-refractivity contribution >= 4 is 27.5 Å². The number of methoxy groups -OCH3 is 1. The third-order valence-electron chi connectivity index (χ3n) is 1.73. The molecule has 0 saturated heterocycles. The van der Waals surface area contributed by atoms with Crippen molar-refractivity contribution in [1.29, 1.82) is 0 Å². The lowest BCUT2D eigenvalue weighted by Gasteiger charge is -2.04. The fourth-order valence-corrected chi connectivity index (χ4v) is 1.41. The van der Waals surface area contributed by atoms with E-state index in [4.69, 9.17) is 4.74 Å². The second-order valence-corrected chi connectivity index (χ2v) is 3.59. The summed E-state index contributed by atoms with van der Waals surface area (Å²) in [5.41, 5.74) is 0.345. The normalized spacial score (nSPS) is 9.64. The van der Waals surface area contributed by atoms with Gasteiger partial charge in [-0.1, -0.05) is 0 Å². The average Bonchev–Trinajstić information content (AvgIpc) is 2.17. The van der Waals surface area contributed by atoms with Crippen molar-refractivity contribution in [3.05, 3.63) is 28.2 Å². The highest BCUT2D eigenvalue weighted by Crippen LogP contribution is 2.25. The van der Waals surface area contributed by atoms with E-state index in [1.54, 1.807) is 12.1 Å². The SMILES string of the molecule is COc1cc(C(=O)C(C)=O)ccc1Br. The summed E-state index contributed by atoms with van der Waals surface area (Å²) in [7, 11) is 1.50. The molecule has 3 nitrogen and oxygen atoms in total. The Balaban J connectivity index is 3.12. The summed E-state index contributed by atoms with van der Waals surface area (Å²) in [5.74, 6) is -0.442. The monoisotopic (exact) mass is 256 g/mol. The van der Waals surface area contributed by atoms with Gasteiger partial charge in [-0.15, -0.1) is 0 Å². The van der Waals surface area contributed by atoms with E-state index < -0.39 is 11.6 Å². The van der Waals surface area contributed by atoms with Crippen LogP contribution in [0.1, 0.15) is 17.3 Å². The second-order valence-electron chi connectivity index (χ2n) is 2.73. The van der Waals surface area contributed by atoms with Crippen LogP contribution in [0, 0.1) is 0 Å². The third-order valence-corrected chi connectivity index (χ3v) is 2.39. The lowest BCUT2D eigenvalue weighted by molar-refractivity contribution is -0.113. The van der Waals surface area contributed by atoms with Gasteiger partial charge in [-0.25, -0.2) is 0 Å². The smallest absolute Gasteiger partial charge is 0.228 e. The molecule has 0 aliphatic heterocycles. The third kappa shape index (κ3) is 2.20. The molecule has 0 N–H and O–H groups in total. The van der Waals surface area contributed by atoms with Crippen LogP contribution in [-0.4, -0.2) is 18.7 Å². The van der Waals surface area contributed by atoms with Gasteiger partial charge in [0.2, 0.25) is 5.78 Å². The number of hydrogen-bond donors (Lipinski definition) is 0. The number of ether oxygens (including phenoxy) is 1. The molecule has 0 unspecified atom stereocenters. The largest absolute Gasteiger partial charge is 0.496 e. The minimum absolute atomic E-state index is 0.345. The van der Waals surface area contributed by atoms with Gasteiger partial charge >= 0.3 is 0 Å². The molecule has 0 saturated carbocycles. The quantitative estimate of drug-likeness (QED) is 0.616. The molecule has 0 radical (unpaired) electrons. The molecule has 0 heterocycles. The van der Waals surface area contributed by atoms with E-state index in [0.717, 1.165) is 4.47 Å². The van der Waals surface area contributed by atoms with Gasteiger partial charge in [-0.3, -0.25) is 9.59 Å². The Hall–Kier alpha value is -1.16. The fourth-order valence-electron chi connectivity index (χ4n) is 1.00. The van der Waals surface area contributed by atoms with Crippen LogP contribution in [0.4, 0.5) is 0 Å². The maximum Gasteiger partial charge on any atom is 0.228 e. The molecule has 0 aliphatic rings. The van der Waals surface area contributed by atoms with Crippen LogP contribution >= 0.6 is 15.9 Å². The van der Waals surface area contributed by atoms with Crippen LogP contribution in [0.2, 0.25) is 0 Å². The molecule has 74 valence electrons. The Morgan fingerprint density at radius 3 is 2.50 bits per heavy atom. The molecule has 0 bridgehead atoms. The highest BCUT2D eigenvalue weighted by atomic mass is 79.9. The van der Waals surface area contributed by atoms with Crippen molar-refractivity contribution in [1.82, 2.24) is 0 Å². The molecule has 14 heavy (non-hydrogen) atoms. The molecule has 0 amide bonds. The van der Waals surface area contributed by atoms with Crippen LogP contribution < -0.4 is 4.74 Å². The summed E-state index contributed by atoms with van der Waals surface area (Å²) in [6.07, 6.45) is 0. The maximum atomic E-state index is 11.3. The molecule has 1 aromatic carbocycles. The van der Waals surface area contributed by atoms with E-state index in [-0.39, 0.29) is 0 Å². The van der Waals surface area contributed by atoms with E-state index in [1.807, 2.05) is 0 Å². The first-order chi connectivity index (χ1) is 6.56. The topological polar surface area (TPSA) is 43.4 Å². The summed E-state index contributed by atoms with van der Waals surface area (Å²) in [6, 6.07) is 4.79. The summed E-state index contributed by atoms with van der Waals surface area (Å²) in [5, 5.41) is 0. The van der Waals surface area contributed by atoms with Crippen molar-refractivity contribution in [2.45, 2.75) is 6.92 Å². The molecule has 4 heteroatoms. The zero-order valence-corrected chi connectivity index (χ0v) is 9.42. The Kier molecular flexibility index (Phi) is 3.41. The average molecular weight is 257 g/mol. The predicted molar refractivity (Wildman–Crippen MR) is 55.7 cm³/mol. The first-order valence-corrected chi connectivity index (χ1v) is 4.74. The van der Waals surface area contributed by atoms with Crippen molar-refractivity contribution < 1.29 is 14.3 Å². The van der Waals surface area contributed by atoms with Crippen molar-refractivity contribution in [2.75, 3.05) is 7.11 Å². The number of carbonyl (C=O) groups is 2. The number of benzene rings is 1. The highest BCUT2D eigenvalue weighted by Gasteiger charge is 2.12. The number of Topliss-reactive ketones (excluding diaryl/α,β-unsaturated/α-hetero) is 2. The van der Waals surface area contributed by atoms with Crippen LogP contribution in [0.15, 0.2) is 22.7 Å². The fraction of sp³-hybridized carbons (Fsp3) is 0.200. The van der Waals surface area contributed by atoms with E-state index in [2.05, 4.69) is 15.9 Å². The van der Waals surface area contributed by atoms with Gasteiger partial charge in [0.15, 0.2) is 5.78 Å². The minimum Gasteiger partial charge on any atom is -0.496 e. The molecular formula is C10H9BrO3. The molecule has 0 aliphatic carbocycles. The first kappa shape index (κ1) is 10.9. The van der Waals surface area contributed by atoms with Crippen LogP contribution in [-0.2, 0) is 4.79 Å². The maximum absolute atomic E-state index is 11.3. The van der Waals surface area contributed by atoms with E-state index >= 15 is 0 Å². The zero-order chi connectivity index (χ0) is 10.7. The summed E-state index contributed by atoms with van der Waals surface area (Å²) in [6.45, 7) is 1.25. The summed E-state index contributed by atoms with van der Waals surface area (Å²) < 4.78 is 5.76. The van der Waals surface area contributed by atoms with Gasteiger partial charge in [0.25, 0.3) is 0 Å². The number of carbonyl (C=O) groups excluding carboxylic acids is 2. The van der Waals surface area contributed by atoms with Crippen molar-refractivity contribution in [3.63, 3.8) is 0 Å². The Morgan fingerprint density at radius 2 is 2.00 bits per heavy atom. The van der Waals surface area contributed by atoms with Gasteiger partial charge < -0.3 is 4.74 Å². The summed E-state index contributed by atoms with van der Waals surface area (Å²) >= 11 is 3.26. The predicted octanol–water partition coefficient (Wildman–Crippen LogP) is 2.23. The summed E-state index contributed by atoms with van der Waals surface area (Å²) in [4.78, 5) is 22.1. The lowest BCUT2D eigenvalue weighted by atomic mass is 10.1. The van der Waals surface area contributed by atoms with Crippen molar-refractivity contribution in [3.8, 4) is 5.75 Å². The molecule has 0 spiro atoms. The van der Waals surface area contributed by atoms with E-state index in [9.17, 15) is 9.59 Å². The molecule has 1 rings (SSSR count). The molecule has 1 aromatic rings. The molecular weight excluding hydrogens is 248 g/mol. The van der Waals surface area contributed by atoms with Gasteiger partial charge in [0.1, 0.15) is 5.75 Å². The second kappa shape index (κ2) is 4.37. The Bertz CT molecular complexity index is 385. The van der Waals surface area contributed by atoms with Crippen molar-refractivity contribution in [2.24, 2.45) is 0 Å². The standard InChI is InChI=1S/C10H9BrO3/c1-6(12)10(13)7-3-4-8(11)9(5-7)14-2/h3-5H,1-2H3. The number of ketones is 2. The van der Waals surface area contributed by atoms with Gasteiger partial charge in [0.05, 0.1) is 11.6 Å². The number of halogens is 1. The minimum atomic E-state index is -0.504. The molecule has 0 aromatic heterocycles. The van der Waals surface area contributed by atoms with E-state index in [0.29, 0.717) is 11.3 Å². The lowest BCUT2D eigenvalue weighted by Crippen LogP contribution is -2.09. The van der Waals surface area contributed by atoms with Crippen LogP contribution in [0.5, 0.6) is 5.75 Å². The van der Waals surface area contributed by atoms with Gasteiger partial charge in [-0.2, -0.15) is 0 Å². The zero-order valence-electron chi connectivity index (χ0n) is 7.83. The van der Waals surface area contributed by atoms with E-state index in [1.165, 1.54) is 20.1 Å². The molecule has 0 fully saturated rings. The first-order valence-electron chi connectivity index (χ1n) is 3.95. The molecule has 0 atom stereocenters. The Labute approximate surface area is 90.2 Å². The van der Waals surface area contributed by atoms with Crippen LogP contribution in [0.25, 0.3) is 0 Å².